The number of carboxylic acid groups (broad SMARTS) is 1. The van der Waals surface area contributed by atoms with E-state index < -0.39 is 11.9 Å². The number of carbonyl (C=O) groups is 2. The van der Waals surface area contributed by atoms with Crippen molar-refractivity contribution in [1.29, 1.82) is 0 Å². The molecule has 6 nitrogen and oxygen atoms in total. The van der Waals surface area contributed by atoms with Gasteiger partial charge in [-0.15, -0.1) is 0 Å². The van der Waals surface area contributed by atoms with Crippen LogP contribution in [0.15, 0.2) is 28.8 Å². The van der Waals surface area contributed by atoms with E-state index in [9.17, 15) is 9.59 Å². The van der Waals surface area contributed by atoms with Gasteiger partial charge in [0.25, 0.3) is 0 Å². The summed E-state index contributed by atoms with van der Waals surface area (Å²) in [5, 5.41) is 10.1. The maximum atomic E-state index is 12.3. The molecule has 3 rings (SSSR count). The molecule has 0 bridgehead atoms. The van der Waals surface area contributed by atoms with Gasteiger partial charge in [0.15, 0.2) is 11.7 Å². The van der Waals surface area contributed by atoms with Gasteiger partial charge in [-0.2, -0.15) is 0 Å². The molecule has 0 unspecified atom stereocenters. The minimum absolute atomic E-state index is 0.0831. The van der Waals surface area contributed by atoms with Crippen LogP contribution in [0.2, 0.25) is 10.0 Å². The number of aromatic nitrogens is 1. The molecule has 1 aliphatic heterocycles. The second kappa shape index (κ2) is 8.10. The summed E-state index contributed by atoms with van der Waals surface area (Å²) in [4.78, 5) is 29.2. The van der Waals surface area contributed by atoms with Crippen molar-refractivity contribution in [3.05, 3.63) is 40.3 Å². The molecule has 0 aliphatic carbocycles. The van der Waals surface area contributed by atoms with Gasteiger partial charge in [-0.3, -0.25) is 9.59 Å². The van der Waals surface area contributed by atoms with Crippen LogP contribution in [0.1, 0.15) is 25.2 Å². The molecule has 2 aromatic rings. The monoisotopic (exact) mass is 396 g/mol. The first kappa shape index (κ1) is 18.7. The van der Waals surface area contributed by atoms with Gasteiger partial charge in [-0.1, -0.05) is 23.2 Å². The first-order valence-corrected chi connectivity index (χ1v) is 9.10. The minimum atomic E-state index is -0.848. The van der Waals surface area contributed by atoms with Crippen LogP contribution < -0.4 is 0 Å². The predicted molar refractivity (Wildman–Crippen MR) is 97.2 cm³/mol. The summed E-state index contributed by atoms with van der Waals surface area (Å²) in [6.45, 7) is 0.866. The van der Waals surface area contributed by atoms with Crippen molar-refractivity contribution in [2.24, 2.45) is 5.92 Å². The first-order valence-electron chi connectivity index (χ1n) is 8.34. The summed E-state index contributed by atoms with van der Waals surface area (Å²) < 4.78 is 5.68. The molecule has 0 radical (unpaired) electrons. The molecule has 1 amide bonds. The highest BCUT2D eigenvalue weighted by atomic mass is 35.5. The van der Waals surface area contributed by atoms with Crippen molar-refractivity contribution < 1.29 is 19.1 Å². The van der Waals surface area contributed by atoms with Crippen LogP contribution in [0, 0.1) is 5.92 Å². The number of piperidine rings is 1. The Bertz CT molecular complexity index is 821. The molecular weight excluding hydrogens is 379 g/mol. The van der Waals surface area contributed by atoms with Gasteiger partial charge >= 0.3 is 5.97 Å². The topological polar surface area (TPSA) is 83.6 Å². The fourth-order valence-corrected chi connectivity index (χ4v) is 3.52. The molecule has 1 fully saturated rings. The van der Waals surface area contributed by atoms with E-state index in [1.54, 1.807) is 29.3 Å². The number of rotatable bonds is 5. The fourth-order valence-electron chi connectivity index (χ4n) is 3.02. The number of hydrogen-bond acceptors (Lipinski definition) is 4. The van der Waals surface area contributed by atoms with E-state index in [0.717, 1.165) is 0 Å². The Balaban J connectivity index is 1.59. The number of nitrogens with zero attached hydrogens (tertiary/aromatic N) is 2. The molecule has 0 spiro atoms. The van der Waals surface area contributed by atoms with E-state index >= 15 is 0 Å². The molecule has 138 valence electrons. The standard InChI is InChI=1S/C18H18Cl2N2O4/c19-12-3-4-13(14(20)8-12)15-9-21-16(26-15)5-6-17(23)22-7-1-2-11(10-22)18(24)25/h3-4,8-9,11H,1-2,5-7,10H2,(H,24,25)/t11-/m0/s1. The Hall–Kier alpha value is -2.05. The van der Waals surface area contributed by atoms with Crippen LogP contribution in [0.5, 0.6) is 0 Å². The summed E-state index contributed by atoms with van der Waals surface area (Å²) in [6, 6.07) is 5.09. The second-order valence-electron chi connectivity index (χ2n) is 6.26. The number of oxazole rings is 1. The fraction of sp³-hybridized carbons (Fsp3) is 0.389. The van der Waals surface area contributed by atoms with E-state index in [-0.39, 0.29) is 18.9 Å². The summed E-state index contributed by atoms with van der Waals surface area (Å²) in [7, 11) is 0. The van der Waals surface area contributed by atoms with Crippen molar-refractivity contribution in [3.63, 3.8) is 0 Å². The van der Waals surface area contributed by atoms with E-state index in [1.807, 2.05) is 0 Å². The van der Waals surface area contributed by atoms with E-state index in [1.165, 1.54) is 0 Å². The Labute approximate surface area is 160 Å². The van der Waals surface area contributed by atoms with Gasteiger partial charge < -0.3 is 14.4 Å². The number of hydrogen-bond donors (Lipinski definition) is 1. The molecule has 2 heterocycles. The zero-order valence-corrected chi connectivity index (χ0v) is 15.5. The number of amides is 1. The normalized spacial score (nSPS) is 17.3. The number of halogens is 2. The lowest BCUT2D eigenvalue weighted by atomic mass is 9.98. The van der Waals surface area contributed by atoms with Crippen molar-refractivity contribution >= 4 is 35.1 Å². The number of likely N-dealkylation sites (tertiary alicyclic amines) is 1. The maximum absolute atomic E-state index is 12.3. The lowest BCUT2D eigenvalue weighted by molar-refractivity contribution is -0.145. The number of carbonyl (C=O) groups excluding carboxylic acids is 1. The van der Waals surface area contributed by atoms with Gasteiger partial charge in [-0.05, 0) is 31.0 Å². The summed E-state index contributed by atoms with van der Waals surface area (Å²) in [5.74, 6) is -0.461. The van der Waals surface area contributed by atoms with Crippen LogP contribution in [0.4, 0.5) is 0 Å². The summed E-state index contributed by atoms with van der Waals surface area (Å²) in [6.07, 6.45) is 3.46. The van der Waals surface area contributed by atoms with Crippen LogP contribution in [-0.4, -0.2) is 40.0 Å². The van der Waals surface area contributed by atoms with Gasteiger partial charge in [0.1, 0.15) is 0 Å². The van der Waals surface area contributed by atoms with Crippen molar-refractivity contribution in [3.8, 4) is 11.3 Å². The van der Waals surface area contributed by atoms with Gasteiger partial charge in [0.2, 0.25) is 5.91 Å². The number of aryl methyl sites for hydroxylation is 1. The average molecular weight is 397 g/mol. The molecule has 1 saturated heterocycles. The number of aliphatic carboxylic acids is 1. The molecule has 26 heavy (non-hydrogen) atoms. The molecule has 1 aliphatic rings. The third-order valence-electron chi connectivity index (χ3n) is 4.43. The SMILES string of the molecule is O=C(O)[C@H]1CCCN(C(=O)CCc2ncc(-c3ccc(Cl)cc3Cl)o2)C1. The number of carboxylic acids is 1. The Morgan fingerprint density at radius 1 is 1.35 bits per heavy atom. The summed E-state index contributed by atoms with van der Waals surface area (Å²) in [5.41, 5.74) is 0.682. The molecule has 0 saturated carbocycles. The minimum Gasteiger partial charge on any atom is -0.481 e. The van der Waals surface area contributed by atoms with E-state index in [4.69, 9.17) is 32.7 Å². The average Bonchev–Trinajstić information content (AvgIpc) is 3.08. The highest BCUT2D eigenvalue weighted by molar-refractivity contribution is 6.36. The highest BCUT2D eigenvalue weighted by Crippen LogP contribution is 2.31. The zero-order valence-electron chi connectivity index (χ0n) is 14.0. The molecule has 1 N–H and O–H groups in total. The third kappa shape index (κ3) is 4.37. The maximum Gasteiger partial charge on any atom is 0.308 e. The lowest BCUT2D eigenvalue weighted by Gasteiger charge is -2.30. The predicted octanol–water partition coefficient (Wildman–Crippen LogP) is 3.90. The van der Waals surface area contributed by atoms with Crippen LogP contribution >= 0.6 is 23.2 Å². The number of benzene rings is 1. The van der Waals surface area contributed by atoms with Crippen molar-refractivity contribution in [2.75, 3.05) is 13.1 Å². The van der Waals surface area contributed by atoms with Gasteiger partial charge in [0, 0.05) is 36.5 Å². The summed E-state index contributed by atoms with van der Waals surface area (Å²) >= 11 is 12.0. The van der Waals surface area contributed by atoms with Crippen LogP contribution in [0.3, 0.4) is 0 Å². The van der Waals surface area contributed by atoms with Crippen molar-refractivity contribution in [2.45, 2.75) is 25.7 Å². The Morgan fingerprint density at radius 2 is 2.15 bits per heavy atom. The van der Waals surface area contributed by atoms with Crippen molar-refractivity contribution in [1.82, 2.24) is 9.88 Å². The smallest absolute Gasteiger partial charge is 0.308 e. The molecule has 1 atom stereocenters. The Morgan fingerprint density at radius 3 is 2.88 bits per heavy atom. The third-order valence-corrected chi connectivity index (χ3v) is 4.97. The van der Waals surface area contributed by atoms with Crippen LogP contribution in [0.25, 0.3) is 11.3 Å². The second-order valence-corrected chi connectivity index (χ2v) is 7.10. The van der Waals surface area contributed by atoms with Gasteiger partial charge in [-0.25, -0.2) is 4.98 Å². The quantitative estimate of drug-likeness (QED) is 0.827. The van der Waals surface area contributed by atoms with Crippen LogP contribution in [-0.2, 0) is 16.0 Å². The van der Waals surface area contributed by atoms with E-state index in [0.29, 0.717) is 53.1 Å². The molecular formula is C18H18Cl2N2O4. The van der Waals surface area contributed by atoms with Gasteiger partial charge in [0.05, 0.1) is 17.1 Å². The molecule has 1 aromatic heterocycles. The largest absolute Gasteiger partial charge is 0.481 e. The molecule has 1 aromatic carbocycles. The zero-order chi connectivity index (χ0) is 18.7. The molecule has 8 heteroatoms. The first-order chi connectivity index (χ1) is 12.4. The Kier molecular flexibility index (Phi) is 5.84. The lowest BCUT2D eigenvalue weighted by Crippen LogP contribution is -2.42. The highest BCUT2D eigenvalue weighted by Gasteiger charge is 2.28. The van der Waals surface area contributed by atoms with E-state index in [2.05, 4.69) is 4.98 Å².